The molecule has 1 saturated heterocycles. The van der Waals surface area contributed by atoms with Gasteiger partial charge in [0.05, 0.1) is 0 Å². The average Bonchev–Trinajstić information content (AvgIpc) is 2.44. The maximum atomic E-state index is 11.8. The van der Waals surface area contributed by atoms with E-state index in [1.807, 2.05) is 4.90 Å². The van der Waals surface area contributed by atoms with Crippen LogP contribution in [0.5, 0.6) is 0 Å². The van der Waals surface area contributed by atoms with E-state index in [9.17, 15) is 9.59 Å². The van der Waals surface area contributed by atoms with E-state index >= 15 is 0 Å². The Morgan fingerprint density at radius 3 is 2.42 bits per heavy atom. The number of nitrogens with two attached hydrogens (primary N) is 1. The Balaban J connectivity index is 2.02. The summed E-state index contributed by atoms with van der Waals surface area (Å²) >= 11 is 0. The molecule has 0 aliphatic carbocycles. The number of nitrogens with one attached hydrogen (secondary N) is 1. The van der Waals surface area contributed by atoms with Gasteiger partial charge in [0.15, 0.2) is 0 Å². The Hall–Kier alpha value is -1.10. The van der Waals surface area contributed by atoms with Crippen molar-refractivity contribution in [1.29, 1.82) is 0 Å². The number of hydrogen-bond donors (Lipinski definition) is 2. The number of amides is 2. The predicted molar refractivity (Wildman–Crippen MR) is 75.6 cm³/mol. The zero-order valence-corrected chi connectivity index (χ0v) is 11.8. The van der Waals surface area contributed by atoms with Crippen molar-refractivity contribution in [3.05, 3.63) is 0 Å². The summed E-state index contributed by atoms with van der Waals surface area (Å²) in [5, 5.41) is 2.81. The van der Waals surface area contributed by atoms with Gasteiger partial charge in [-0.25, -0.2) is 0 Å². The zero-order chi connectivity index (χ0) is 13.9. The highest BCUT2D eigenvalue weighted by Crippen LogP contribution is 2.09. The van der Waals surface area contributed by atoms with Crippen LogP contribution in [-0.2, 0) is 9.59 Å². The molecule has 3 N–H and O–H groups in total. The van der Waals surface area contributed by atoms with Crippen molar-refractivity contribution in [3.8, 4) is 0 Å². The molecule has 0 saturated carbocycles. The second-order valence-electron chi connectivity index (χ2n) is 5.14. The Bertz CT molecular complexity index is 276. The lowest BCUT2D eigenvalue weighted by atomic mass is 10.1. The van der Waals surface area contributed by atoms with Gasteiger partial charge in [-0.05, 0) is 38.6 Å². The van der Waals surface area contributed by atoms with E-state index in [4.69, 9.17) is 5.73 Å². The Labute approximate surface area is 115 Å². The Kier molecular flexibility index (Phi) is 8.21. The number of unbranched alkanes of at least 4 members (excludes halogenated alkanes) is 2. The molecule has 0 aromatic rings. The molecule has 2 amide bonds. The van der Waals surface area contributed by atoms with Crippen molar-refractivity contribution in [1.82, 2.24) is 10.2 Å². The van der Waals surface area contributed by atoms with Crippen molar-refractivity contribution in [2.75, 3.05) is 26.2 Å². The number of nitrogens with zero attached hydrogens (tertiary/aromatic N) is 1. The van der Waals surface area contributed by atoms with Gasteiger partial charge in [-0.15, -0.1) is 0 Å². The summed E-state index contributed by atoms with van der Waals surface area (Å²) in [5.74, 6) is 0.214. The quantitative estimate of drug-likeness (QED) is 0.646. The maximum Gasteiger partial charge on any atom is 0.224 e. The molecular weight excluding hydrogens is 242 g/mol. The Morgan fingerprint density at radius 2 is 1.74 bits per heavy atom. The standard InChI is InChI=1S/C14H27N3O2/c15-9-4-1-3-7-13(18)16-10-8-14(19)17-11-5-2-6-12-17/h1-12,15H2,(H,16,18). The van der Waals surface area contributed by atoms with Crippen molar-refractivity contribution in [3.63, 3.8) is 0 Å². The van der Waals surface area contributed by atoms with E-state index in [1.54, 1.807) is 0 Å². The normalized spacial score (nSPS) is 15.3. The molecule has 1 aliphatic heterocycles. The zero-order valence-electron chi connectivity index (χ0n) is 11.8. The minimum Gasteiger partial charge on any atom is -0.356 e. The minimum atomic E-state index is 0.0449. The van der Waals surface area contributed by atoms with Crippen LogP contribution in [0.2, 0.25) is 0 Å². The summed E-state index contributed by atoms with van der Waals surface area (Å²) in [6.45, 7) is 2.91. The molecule has 5 nitrogen and oxygen atoms in total. The lowest BCUT2D eigenvalue weighted by molar-refractivity contribution is -0.132. The summed E-state index contributed by atoms with van der Waals surface area (Å²) in [6.07, 6.45) is 7.26. The fourth-order valence-electron chi connectivity index (χ4n) is 2.31. The Morgan fingerprint density at radius 1 is 1.00 bits per heavy atom. The van der Waals surface area contributed by atoms with Gasteiger partial charge in [0.1, 0.15) is 0 Å². The molecule has 1 heterocycles. The van der Waals surface area contributed by atoms with Crippen LogP contribution in [0.3, 0.4) is 0 Å². The van der Waals surface area contributed by atoms with Crippen LogP contribution in [0.25, 0.3) is 0 Å². The lowest BCUT2D eigenvalue weighted by Gasteiger charge is -2.26. The van der Waals surface area contributed by atoms with E-state index in [2.05, 4.69) is 5.32 Å². The van der Waals surface area contributed by atoms with Crippen molar-refractivity contribution in [2.24, 2.45) is 5.73 Å². The van der Waals surface area contributed by atoms with Gasteiger partial charge in [-0.3, -0.25) is 9.59 Å². The van der Waals surface area contributed by atoms with Gasteiger partial charge >= 0.3 is 0 Å². The second kappa shape index (κ2) is 9.78. The second-order valence-corrected chi connectivity index (χ2v) is 5.14. The average molecular weight is 269 g/mol. The topological polar surface area (TPSA) is 75.4 Å². The molecule has 0 bridgehead atoms. The van der Waals surface area contributed by atoms with E-state index in [-0.39, 0.29) is 11.8 Å². The van der Waals surface area contributed by atoms with Gasteiger partial charge in [-0.1, -0.05) is 6.42 Å². The smallest absolute Gasteiger partial charge is 0.224 e. The van der Waals surface area contributed by atoms with E-state index in [1.165, 1.54) is 6.42 Å². The maximum absolute atomic E-state index is 11.8. The summed E-state index contributed by atoms with van der Waals surface area (Å²) in [6, 6.07) is 0. The third-order valence-corrected chi connectivity index (χ3v) is 3.48. The number of piperidine rings is 1. The van der Waals surface area contributed by atoms with Crippen LogP contribution < -0.4 is 11.1 Å². The number of hydrogen-bond acceptors (Lipinski definition) is 3. The highest BCUT2D eigenvalue weighted by Gasteiger charge is 2.15. The van der Waals surface area contributed by atoms with Crippen LogP contribution >= 0.6 is 0 Å². The minimum absolute atomic E-state index is 0.0449. The van der Waals surface area contributed by atoms with Crippen molar-refractivity contribution in [2.45, 2.75) is 51.4 Å². The summed E-state index contributed by atoms with van der Waals surface area (Å²) in [4.78, 5) is 25.2. The van der Waals surface area contributed by atoms with Crippen LogP contribution in [0.15, 0.2) is 0 Å². The van der Waals surface area contributed by atoms with Gasteiger partial charge < -0.3 is 16.0 Å². The molecule has 1 fully saturated rings. The molecular formula is C14H27N3O2. The van der Waals surface area contributed by atoms with Crippen LogP contribution in [-0.4, -0.2) is 42.9 Å². The van der Waals surface area contributed by atoms with Crippen molar-refractivity contribution >= 4 is 11.8 Å². The van der Waals surface area contributed by atoms with Crippen LogP contribution in [0.4, 0.5) is 0 Å². The fourth-order valence-corrected chi connectivity index (χ4v) is 2.31. The highest BCUT2D eigenvalue weighted by atomic mass is 16.2. The van der Waals surface area contributed by atoms with Gasteiger partial charge in [-0.2, -0.15) is 0 Å². The summed E-state index contributed by atoms with van der Waals surface area (Å²) in [7, 11) is 0. The third-order valence-electron chi connectivity index (χ3n) is 3.48. The SMILES string of the molecule is NCCCCCC(=O)NCCC(=O)N1CCCCC1. The van der Waals surface area contributed by atoms with E-state index in [0.717, 1.165) is 45.2 Å². The highest BCUT2D eigenvalue weighted by molar-refractivity contribution is 5.79. The molecule has 0 aromatic carbocycles. The summed E-state index contributed by atoms with van der Waals surface area (Å²) in [5.41, 5.74) is 5.39. The molecule has 0 atom stereocenters. The number of carbonyl (C=O) groups is 2. The van der Waals surface area contributed by atoms with Crippen LogP contribution in [0.1, 0.15) is 51.4 Å². The third kappa shape index (κ3) is 7.15. The largest absolute Gasteiger partial charge is 0.356 e. The van der Waals surface area contributed by atoms with E-state index < -0.39 is 0 Å². The first-order valence-electron chi connectivity index (χ1n) is 7.48. The van der Waals surface area contributed by atoms with Gasteiger partial charge in [0, 0.05) is 32.5 Å². The van der Waals surface area contributed by atoms with Crippen LogP contribution in [0, 0.1) is 0 Å². The number of rotatable bonds is 8. The first-order valence-corrected chi connectivity index (χ1v) is 7.48. The first kappa shape index (κ1) is 16.0. The molecule has 19 heavy (non-hydrogen) atoms. The fraction of sp³-hybridized carbons (Fsp3) is 0.857. The first-order chi connectivity index (χ1) is 9.24. The van der Waals surface area contributed by atoms with Gasteiger partial charge in [0.25, 0.3) is 0 Å². The molecule has 1 aliphatic rings. The molecule has 1 rings (SSSR count). The van der Waals surface area contributed by atoms with E-state index in [0.29, 0.717) is 25.9 Å². The number of likely N-dealkylation sites (tertiary alicyclic amines) is 1. The lowest BCUT2D eigenvalue weighted by Crippen LogP contribution is -2.37. The molecule has 110 valence electrons. The molecule has 0 spiro atoms. The molecule has 5 heteroatoms. The molecule has 0 aromatic heterocycles. The molecule has 0 unspecified atom stereocenters. The number of carbonyl (C=O) groups excluding carboxylic acids is 2. The van der Waals surface area contributed by atoms with Crippen molar-refractivity contribution < 1.29 is 9.59 Å². The monoisotopic (exact) mass is 269 g/mol. The summed E-state index contributed by atoms with van der Waals surface area (Å²) < 4.78 is 0. The predicted octanol–water partition coefficient (Wildman–Crippen LogP) is 1.02. The van der Waals surface area contributed by atoms with Gasteiger partial charge in [0.2, 0.25) is 11.8 Å². The molecule has 0 radical (unpaired) electrons.